The molecule has 0 bridgehead atoms. The molecule has 0 fully saturated rings. The molecule has 0 spiro atoms. The summed E-state index contributed by atoms with van der Waals surface area (Å²) in [5.41, 5.74) is 4.82. The van der Waals surface area contributed by atoms with E-state index in [-0.39, 0.29) is 5.56 Å². The zero-order valence-electron chi connectivity index (χ0n) is 11.2. The van der Waals surface area contributed by atoms with Crippen molar-refractivity contribution in [2.75, 3.05) is 5.32 Å². The van der Waals surface area contributed by atoms with Crippen molar-refractivity contribution in [1.29, 1.82) is 0 Å². The molecule has 0 aliphatic carbocycles. The van der Waals surface area contributed by atoms with Crippen LogP contribution < -0.4 is 11.1 Å². The lowest BCUT2D eigenvalue weighted by Crippen LogP contribution is -2.45. The topological polar surface area (TPSA) is 55.1 Å². The first-order valence-electron chi connectivity index (χ1n) is 6.12. The van der Waals surface area contributed by atoms with Crippen LogP contribution in [0, 0.1) is 5.82 Å². The van der Waals surface area contributed by atoms with E-state index in [0.29, 0.717) is 15.2 Å². The van der Waals surface area contributed by atoms with Gasteiger partial charge in [-0.25, -0.2) is 4.39 Å². The Labute approximate surface area is 135 Å². The number of rotatable bonds is 4. The molecular weight excluding hydrogens is 359 g/mol. The van der Waals surface area contributed by atoms with Crippen LogP contribution in [-0.4, -0.2) is 5.91 Å². The normalized spacial score (nSPS) is 13.5. The molecule has 0 heterocycles. The maximum atomic E-state index is 14.1. The molecule has 3 N–H and O–H groups in total. The number of amides is 1. The summed E-state index contributed by atoms with van der Waals surface area (Å²) in [5.74, 6) is -1.21. The van der Waals surface area contributed by atoms with E-state index in [1.807, 2.05) is 0 Å². The predicted molar refractivity (Wildman–Crippen MR) is 85.7 cm³/mol. The maximum Gasteiger partial charge on any atom is 0.247 e. The first-order chi connectivity index (χ1) is 9.83. The molecule has 21 heavy (non-hydrogen) atoms. The Balaban J connectivity index is 2.50. The molecule has 0 radical (unpaired) electrons. The van der Waals surface area contributed by atoms with Crippen molar-refractivity contribution >= 4 is 39.1 Å². The highest BCUT2D eigenvalue weighted by molar-refractivity contribution is 9.10. The Morgan fingerprint density at radius 2 is 2.05 bits per heavy atom. The van der Waals surface area contributed by atoms with Gasteiger partial charge in [0, 0.05) is 20.7 Å². The second-order valence-electron chi connectivity index (χ2n) is 4.75. The number of nitrogens with two attached hydrogens (primary N) is 1. The van der Waals surface area contributed by atoms with E-state index in [1.54, 1.807) is 30.3 Å². The van der Waals surface area contributed by atoms with E-state index in [2.05, 4.69) is 21.2 Å². The van der Waals surface area contributed by atoms with Crippen LogP contribution in [0.4, 0.5) is 10.1 Å². The first-order valence-corrected chi connectivity index (χ1v) is 7.29. The first kappa shape index (κ1) is 15.8. The predicted octanol–water partition coefficient (Wildman–Crippen LogP) is 4.05. The number of primary amides is 1. The number of hydrogen-bond donors (Lipinski definition) is 2. The number of halogens is 3. The Morgan fingerprint density at radius 1 is 1.33 bits per heavy atom. The average Bonchev–Trinajstić information content (AvgIpc) is 2.41. The quantitative estimate of drug-likeness (QED) is 0.852. The molecule has 2 rings (SSSR count). The van der Waals surface area contributed by atoms with Crippen molar-refractivity contribution in [3.05, 3.63) is 63.3 Å². The van der Waals surface area contributed by atoms with Gasteiger partial charge >= 0.3 is 0 Å². The summed E-state index contributed by atoms with van der Waals surface area (Å²) < 4.78 is 14.8. The average molecular weight is 372 g/mol. The van der Waals surface area contributed by atoms with Crippen LogP contribution >= 0.6 is 27.5 Å². The lowest BCUT2D eigenvalue weighted by Gasteiger charge is -2.29. The van der Waals surface area contributed by atoms with Crippen LogP contribution in [0.3, 0.4) is 0 Å². The van der Waals surface area contributed by atoms with E-state index in [1.165, 1.54) is 19.1 Å². The highest BCUT2D eigenvalue weighted by atomic mass is 79.9. The molecule has 0 aliphatic heterocycles. The van der Waals surface area contributed by atoms with Crippen molar-refractivity contribution < 1.29 is 9.18 Å². The van der Waals surface area contributed by atoms with Gasteiger partial charge in [0.25, 0.3) is 0 Å². The summed E-state index contributed by atoms with van der Waals surface area (Å²) in [6.07, 6.45) is 0. The van der Waals surface area contributed by atoms with Gasteiger partial charge < -0.3 is 11.1 Å². The van der Waals surface area contributed by atoms with Gasteiger partial charge in [-0.05, 0) is 43.3 Å². The number of hydrogen-bond acceptors (Lipinski definition) is 2. The maximum absolute atomic E-state index is 14.1. The number of carbonyl (C=O) groups is 1. The molecule has 0 aliphatic rings. The van der Waals surface area contributed by atoms with E-state index >= 15 is 0 Å². The van der Waals surface area contributed by atoms with Crippen LogP contribution in [0.5, 0.6) is 0 Å². The van der Waals surface area contributed by atoms with E-state index in [4.69, 9.17) is 17.3 Å². The minimum atomic E-state index is -1.40. The van der Waals surface area contributed by atoms with Crippen molar-refractivity contribution in [3.8, 4) is 0 Å². The fourth-order valence-electron chi connectivity index (χ4n) is 2.00. The summed E-state index contributed by atoms with van der Waals surface area (Å²) in [5, 5.41) is 3.46. The standard InChI is InChI=1S/C15H13BrClFN2O/c1-15(14(19)21,12-7-9(16)5-6-13(12)18)20-11-4-2-3-10(17)8-11/h2-8,20H,1H3,(H2,19,21). The molecule has 6 heteroatoms. The van der Waals surface area contributed by atoms with Crippen molar-refractivity contribution in [2.24, 2.45) is 5.73 Å². The monoisotopic (exact) mass is 370 g/mol. The van der Waals surface area contributed by atoms with Gasteiger partial charge in [-0.1, -0.05) is 33.6 Å². The Morgan fingerprint density at radius 3 is 2.67 bits per heavy atom. The van der Waals surface area contributed by atoms with Crippen LogP contribution in [0.15, 0.2) is 46.9 Å². The summed E-state index contributed by atoms with van der Waals surface area (Å²) in [6.45, 7) is 1.53. The van der Waals surface area contributed by atoms with Gasteiger partial charge in [0.1, 0.15) is 11.4 Å². The third-order valence-electron chi connectivity index (χ3n) is 3.18. The van der Waals surface area contributed by atoms with Gasteiger partial charge in [0.2, 0.25) is 5.91 Å². The molecule has 2 aromatic rings. The second kappa shape index (κ2) is 6.03. The summed E-state index contributed by atoms with van der Waals surface area (Å²) in [4.78, 5) is 11.9. The number of benzene rings is 2. The van der Waals surface area contributed by atoms with E-state index < -0.39 is 17.3 Å². The summed E-state index contributed by atoms with van der Waals surface area (Å²) in [7, 11) is 0. The second-order valence-corrected chi connectivity index (χ2v) is 6.10. The number of carbonyl (C=O) groups excluding carboxylic acids is 1. The zero-order valence-corrected chi connectivity index (χ0v) is 13.5. The third-order valence-corrected chi connectivity index (χ3v) is 3.91. The van der Waals surface area contributed by atoms with Crippen molar-refractivity contribution in [1.82, 2.24) is 0 Å². The number of anilines is 1. The minimum Gasteiger partial charge on any atom is -0.368 e. The largest absolute Gasteiger partial charge is 0.368 e. The third kappa shape index (κ3) is 3.36. The molecular formula is C15H13BrClFN2O. The Hall–Kier alpha value is -1.59. The fraction of sp³-hybridized carbons (Fsp3) is 0.133. The molecule has 0 saturated heterocycles. The van der Waals surface area contributed by atoms with Gasteiger partial charge in [0.05, 0.1) is 0 Å². The van der Waals surface area contributed by atoms with Crippen LogP contribution in [0.2, 0.25) is 5.02 Å². The van der Waals surface area contributed by atoms with E-state index in [0.717, 1.165) is 0 Å². The number of nitrogens with one attached hydrogen (secondary N) is 1. The highest BCUT2D eigenvalue weighted by Gasteiger charge is 2.36. The van der Waals surface area contributed by atoms with Gasteiger partial charge in [-0.3, -0.25) is 4.79 Å². The van der Waals surface area contributed by atoms with Gasteiger partial charge in [-0.2, -0.15) is 0 Å². The molecule has 1 atom stereocenters. The van der Waals surface area contributed by atoms with Crippen LogP contribution in [0.1, 0.15) is 12.5 Å². The van der Waals surface area contributed by atoms with Crippen molar-refractivity contribution in [3.63, 3.8) is 0 Å². The molecule has 110 valence electrons. The minimum absolute atomic E-state index is 0.157. The molecule has 0 aromatic heterocycles. The lowest BCUT2D eigenvalue weighted by molar-refractivity contribution is -0.122. The summed E-state index contributed by atoms with van der Waals surface area (Å²) >= 11 is 9.19. The SMILES string of the molecule is CC(Nc1cccc(Cl)c1)(C(N)=O)c1cc(Br)ccc1F. The van der Waals surface area contributed by atoms with E-state index in [9.17, 15) is 9.18 Å². The fourth-order valence-corrected chi connectivity index (χ4v) is 2.55. The molecule has 3 nitrogen and oxygen atoms in total. The Kier molecular flexibility index (Phi) is 4.54. The summed E-state index contributed by atoms with van der Waals surface area (Å²) in [6, 6.07) is 11.1. The van der Waals surface area contributed by atoms with Crippen molar-refractivity contribution in [2.45, 2.75) is 12.5 Å². The smallest absolute Gasteiger partial charge is 0.247 e. The van der Waals surface area contributed by atoms with Gasteiger partial charge in [-0.15, -0.1) is 0 Å². The zero-order chi connectivity index (χ0) is 15.6. The van der Waals surface area contributed by atoms with Crippen LogP contribution in [-0.2, 0) is 10.3 Å². The van der Waals surface area contributed by atoms with Gasteiger partial charge in [0.15, 0.2) is 0 Å². The molecule has 1 amide bonds. The van der Waals surface area contributed by atoms with Crippen LogP contribution in [0.25, 0.3) is 0 Å². The Bertz CT molecular complexity index is 695. The molecule has 0 saturated carbocycles. The molecule has 1 unspecified atom stereocenters. The molecule has 2 aromatic carbocycles. The highest BCUT2D eigenvalue weighted by Crippen LogP contribution is 2.31. The lowest BCUT2D eigenvalue weighted by atomic mass is 9.90.